The molecular formula is C28H42Br7N15O7. The van der Waals surface area contributed by atoms with Gasteiger partial charge in [-0.25, -0.2) is 33.7 Å². The van der Waals surface area contributed by atoms with E-state index in [0.29, 0.717) is 77.6 Å². The number of rotatable bonds is 10. The average Bonchev–Trinajstić information content (AvgIpc) is 3.97. The first-order valence-electron chi connectivity index (χ1n) is 16.3. The molecule has 3 unspecified atom stereocenters. The number of carbonyl (C=O) groups excluding carboxylic acids is 1. The summed E-state index contributed by atoms with van der Waals surface area (Å²) >= 11 is 22.0. The first-order chi connectivity index (χ1) is 27.0. The molecule has 57 heavy (non-hydrogen) atoms. The van der Waals surface area contributed by atoms with Crippen molar-refractivity contribution < 1.29 is 34.3 Å². The van der Waals surface area contributed by atoms with Crippen LogP contribution < -0.4 is 0 Å². The van der Waals surface area contributed by atoms with Crippen LogP contribution >= 0.6 is 112 Å². The van der Waals surface area contributed by atoms with Gasteiger partial charge in [0, 0.05) is 14.2 Å². The number of aromatic amines is 1. The molecule has 320 valence electrons. The molecule has 0 amide bonds. The van der Waals surface area contributed by atoms with E-state index >= 15 is 0 Å². The number of fused-ring (bicyclic) bond motifs is 1. The van der Waals surface area contributed by atoms with Gasteiger partial charge in [-0.2, -0.15) is 9.97 Å². The van der Waals surface area contributed by atoms with Crippen molar-refractivity contribution >= 4 is 118 Å². The highest BCUT2D eigenvalue weighted by Crippen LogP contribution is 2.20. The maximum absolute atomic E-state index is 9.33. The van der Waals surface area contributed by atoms with Crippen LogP contribution in [0.25, 0.3) is 0 Å². The smallest absolute Gasteiger partial charge is 0.218 e. The van der Waals surface area contributed by atoms with Crippen molar-refractivity contribution in [3.8, 4) is 0 Å². The third kappa shape index (κ3) is 21.0. The van der Waals surface area contributed by atoms with E-state index in [0.717, 1.165) is 25.3 Å². The summed E-state index contributed by atoms with van der Waals surface area (Å²) in [5.74, 6) is 1.91. The summed E-state index contributed by atoms with van der Waals surface area (Å²) in [6, 6.07) is 0. The van der Waals surface area contributed by atoms with Crippen LogP contribution in [0, 0.1) is 0 Å². The lowest BCUT2D eigenvalue weighted by molar-refractivity contribution is -0.106. The zero-order valence-corrected chi connectivity index (χ0v) is 42.4. The fraction of sp³-hybridized carbons (Fsp3) is 0.607. The summed E-state index contributed by atoms with van der Waals surface area (Å²) in [5.41, 5.74) is 0. The molecule has 1 aliphatic rings. The van der Waals surface area contributed by atoms with Crippen molar-refractivity contribution in [2.24, 2.45) is 0 Å². The van der Waals surface area contributed by atoms with E-state index in [2.05, 4.69) is 167 Å². The van der Waals surface area contributed by atoms with Crippen molar-refractivity contribution in [2.75, 3.05) is 40.6 Å². The summed E-state index contributed by atoms with van der Waals surface area (Å²) < 4.78 is 25.9. The molecule has 0 saturated heterocycles. The number of methoxy groups -OCH3 is 2. The summed E-state index contributed by atoms with van der Waals surface area (Å²) in [6.45, 7) is 11.0. The molecule has 1 aliphatic heterocycles. The van der Waals surface area contributed by atoms with E-state index in [4.69, 9.17) is 24.1 Å². The van der Waals surface area contributed by atoms with Crippen molar-refractivity contribution in [2.45, 2.75) is 72.2 Å². The second kappa shape index (κ2) is 29.7. The van der Waals surface area contributed by atoms with E-state index in [1.807, 2.05) is 11.6 Å². The predicted octanol–water partition coefficient (Wildman–Crippen LogP) is 4.94. The number of aldehydes is 1. The Morgan fingerprint density at radius 1 is 0.772 bits per heavy atom. The molecular weight excluding hydrogens is 1220 g/mol. The van der Waals surface area contributed by atoms with Gasteiger partial charge in [-0.3, -0.25) is 5.10 Å². The second-order valence-corrected chi connectivity index (χ2v) is 15.5. The Hall–Kier alpha value is -1.51. The minimum Gasteiger partial charge on any atom is -0.394 e. The standard InChI is InChI=1S/C7H12BrN3O2.C6H10BrN3O2.C6H8BrN3O.C5H7Br2N3O.C2HBr2N3.C2H4O/c1-5(12)6-9-7(8)10-11(6)3-4-13-2;1-4(12)5-8-6(7)9-10(5)2-3-11;1-4-5-8-6(7)9-10(5)2-3-11-4;1-11-3-2-10-5(7)8-4(6)9-10;3-1-5-2(4)7-6-1;1-2-3/h5,12H,3-4H2,1-2H3;4,11-12H,2-3H2,1H3;4H,2-3H2,1H3;2-3H2,1H3;(H,5,6,7);2H,1H3. The number of nitrogens with one attached hydrogen (secondary N) is 1. The molecule has 0 fully saturated rings. The molecule has 0 saturated carbocycles. The molecule has 0 bridgehead atoms. The van der Waals surface area contributed by atoms with Crippen LogP contribution in [-0.4, -0.2) is 136 Å². The number of hydrogen-bond donors (Lipinski definition) is 4. The SMILES string of the molecule is Brc1n[nH]c(Br)n1.CC(O)c1nc(Br)nn1CCO.CC1OCCn2nc(Br)nc21.CC=O.COCCn1nc(Br)nc1Br.COCCn1nc(Br)nc1C(C)O. The molecule has 0 aromatic carbocycles. The van der Waals surface area contributed by atoms with Crippen LogP contribution in [0.3, 0.4) is 0 Å². The highest BCUT2D eigenvalue weighted by Gasteiger charge is 2.20. The highest BCUT2D eigenvalue weighted by atomic mass is 79.9. The number of hydrogen-bond acceptors (Lipinski definition) is 17. The van der Waals surface area contributed by atoms with Gasteiger partial charge in [0.15, 0.2) is 26.9 Å². The van der Waals surface area contributed by atoms with Crippen LogP contribution in [0.15, 0.2) is 33.1 Å². The van der Waals surface area contributed by atoms with Crippen LogP contribution in [0.4, 0.5) is 0 Å². The van der Waals surface area contributed by atoms with E-state index in [-0.39, 0.29) is 12.7 Å². The minimum atomic E-state index is -0.671. The summed E-state index contributed by atoms with van der Waals surface area (Å²) in [5, 5.41) is 49.6. The zero-order valence-electron chi connectivity index (χ0n) is 31.3. The normalized spacial score (nSPS) is 13.7. The molecule has 29 heteroatoms. The van der Waals surface area contributed by atoms with Gasteiger partial charge in [-0.05, 0) is 139 Å². The fourth-order valence-electron chi connectivity index (χ4n) is 3.89. The largest absolute Gasteiger partial charge is 0.394 e. The summed E-state index contributed by atoms with van der Waals surface area (Å²) in [6.07, 6.45) is -0.464. The van der Waals surface area contributed by atoms with Crippen LogP contribution in [0.1, 0.15) is 63.5 Å². The Morgan fingerprint density at radius 2 is 1.25 bits per heavy atom. The number of aromatic nitrogens is 15. The molecule has 5 aromatic heterocycles. The predicted molar refractivity (Wildman–Crippen MR) is 229 cm³/mol. The third-order valence-electron chi connectivity index (χ3n) is 6.16. The lowest BCUT2D eigenvalue weighted by Crippen LogP contribution is -2.20. The number of halogens is 7. The van der Waals surface area contributed by atoms with Crippen LogP contribution in [0.2, 0.25) is 0 Å². The number of nitrogens with zero attached hydrogens (tertiary/aromatic N) is 14. The Bertz CT molecular complexity index is 1840. The van der Waals surface area contributed by atoms with Crippen LogP contribution in [0.5, 0.6) is 0 Å². The number of ether oxygens (including phenoxy) is 3. The number of carbonyl (C=O) groups is 1. The number of H-pyrrole nitrogens is 1. The van der Waals surface area contributed by atoms with Gasteiger partial charge in [0.1, 0.15) is 24.6 Å². The molecule has 6 rings (SSSR count). The van der Waals surface area contributed by atoms with Crippen molar-refractivity contribution in [1.82, 2.24) is 74.2 Å². The van der Waals surface area contributed by atoms with Crippen molar-refractivity contribution in [1.29, 1.82) is 0 Å². The van der Waals surface area contributed by atoms with Crippen molar-refractivity contribution in [3.63, 3.8) is 0 Å². The third-order valence-corrected chi connectivity index (χ3v) is 8.80. The summed E-state index contributed by atoms with van der Waals surface area (Å²) in [7, 11) is 3.27. The maximum Gasteiger partial charge on any atom is 0.218 e. The topological polar surface area (TPSA) is 270 Å². The van der Waals surface area contributed by atoms with Gasteiger partial charge in [0.05, 0.1) is 52.6 Å². The van der Waals surface area contributed by atoms with Gasteiger partial charge in [-0.15, -0.1) is 25.5 Å². The van der Waals surface area contributed by atoms with E-state index in [9.17, 15) is 10.2 Å². The second-order valence-electron chi connectivity index (χ2n) is 10.5. The molecule has 0 radical (unpaired) electrons. The molecule has 0 spiro atoms. The van der Waals surface area contributed by atoms with Gasteiger partial charge >= 0.3 is 0 Å². The molecule has 0 aliphatic carbocycles. The summed E-state index contributed by atoms with van der Waals surface area (Å²) in [4.78, 5) is 28.7. The quantitative estimate of drug-likeness (QED) is 0.135. The Morgan fingerprint density at radius 3 is 1.63 bits per heavy atom. The van der Waals surface area contributed by atoms with Gasteiger partial charge in [-0.1, -0.05) is 0 Å². The molecule has 22 nitrogen and oxygen atoms in total. The Kier molecular flexibility index (Phi) is 27.9. The Labute approximate surface area is 386 Å². The maximum atomic E-state index is 9.33. The van der Waals surface area contributed by atoms with E-state index in [1.54, 1.807) is 37.4 Å². The lowest BCUT2D eigenvalue weighted by atomic mass is 10.3. The number of aliphatic hydroxyl groups excluding tert-OH is 3. The molecule has 3 atom stereocenters. The fourth-order valence-corrected chi connectivity index (χ4v) is 6.79. The molecule has 5 aromatic rings. The first kappa shape index (κ1) is 53.5. The number of aliphatic hydroxyl groups is 3. The molecule has 6 heterocycles. The highest BCUT2D eigenvalue weighted by molar-refractivity contribution is 9.11. The van der Waals surface area contributed by atoms with Gasteiger partial charge in [0.2, 0.25) is 23.7 Å². The molecule has 4 N–H and O–H groups in total. The monoisotopic (exact) mass is 1250 g/mol. The van der Waals surface area contributed by atoms with Crippen molar-refractivity contribution in [3.05, 3.63) is 50.6 Å². The van der Waals surface area contributed by atoms with Gasteiger partial charge < -0.3 is 34.3 Å². The van der Waals surface area contributed by atoms with E-state index < -0.39 is 12.2 Å². The minimum absolute atomic E-state index is 0.0183. The Balaban J connectivity index is 0.000000353. The zero-order chi connectivity index (χ0) is 43.1. The van der Waals surface area contributed by atoms with E-state index in [1.165, 1.54) is 11.6 Å². The average molecular weight is 1260 g/mol. The van der Waals surface area contributed by atoms with Crippen LogP contribution in [-0.2, 0) is 45.2 Å². The lowest BCUT2D eigenvalue weighted by Gasteiger charge is -2.18. The van der Waals surface area contributed by atoms with Gasteiger partial charge in [0.25, 0.3) is 0 Å². The first-order valence-corrected chi connectivity index (χ1v) is 21.8.